The van der Waals surface area contributed by atoms with Crippen molar-refractivity contribution in [3.05, 3.63) is 63.2 Å². The van der Waals surface area contributed by atoms with Crippen molar-refractivity contribution in [2.45, 2.75) is 32.0 Å². The van der Waals surface area contributed by atoms with Crippen LogP contribution in [0.1, 0.15) is 34.3 Å². The SMILES string of the molecule is COc1cc(C(=O)NCc2ccc(CN3CCC(O)CC3)cc2)c([N+](=O)[O-])cc1OC. The van der Waals surface area contributed by atoms with Crippen LogP contribution in [0.2, 0.25) is 0 Å². The van der Waals surface area contributed by atoms with E-state index in [-0.39, 0.29) is 35.4 Å². The van der Waals surface area contributed by atoms with E-state index in [1.807, 2.05) is 24.3 Å². The van der Waals surface area contributed by atoms with Crippen LogP contribution >= 0.6 is 0 Å². The van der Waals surface area contributed by atoms with Gasteiger partial charge in [0.1, 0.15) is 5.56 Å². The monoisotopic (exact) mass is 429 g/mol. The maximum Gasteiger partial charge on any atom is 0.286 e. The summed E-state index contributed by atoms with van der Waals surface area (Å²) in [5.41, 5.74) is 1.60. The smallest absolute Gasteiger partial charge is 0.286 e. The van der Waals surface area contributed by atoms with E-state index in [1.54, 1.807) is 0 Å². The van der Waals surface area contributed by atoms with Crippen LogP contribution in [0.4, 0.5) is 5.69 Å². The van der Waals surface area contributed by atoms with Crippen LogP contribution in [0.3, 0.4) is 0 Å². The summed E-state index contributed by atoms with van der Waals surface area (Å²) in [6.07, 6.45) is 1.41. The number of nitrogens with zero attached hydrogens (tertiary/aromatic N) is 2. The fourth-order valence-corrected chi connectivity index (χ4v) is 3.58. The molecule has 0 spiro atoms. The summed E-state index contributed by atoms with van der Waals surface area (Å²) in [5.74, 6) is -0.138. The van der Waals surface area contributed by atoms with Crippen molar-refractivity contribution in [2.24, 2.45) is 0 Å². The number of carbonyl (C=O) groups is 1. The molecule has 1 aliphatic rings. The van der Waals surface area contributed by atoms with Gasteiger partial charge in [-0.25, -0.2) is 0 Å². The number of aliphatic hydroxyl groups is 1. The van der Waals surface area contributed by atoms with Crippen molar-refractivity contribution < 1.29 is 24.3 Å². The van der Waals surface area contributed by atoms with Gasteiger partial charge in [-0.3, -0.25) is 19.8 Å². The molecule has 2 aromatic rings. The number of hydrogen-bond acceptors (Lipinski definition) is 7. The molecule has 0 radical (unpaired) electrons. The molecule has 9 nitrogen and oxygen atoms in total. The first-order valence-electron chi connectivity index (χ1n) is 10.1. The standard InChI is InChI=1S/C22H27N3O6/c1-30-20-11-18(19(25(28)29)12-21(20)31-2)22(27)23-13-15-3-5-16(6-4-15)14-24-9-7-17(26)8-10-24/h3-6,11-12,17,26H,7-10,13-14H2,1-2H3,(H,23,27). The van der Waals surface area contributed by atoms with Crippen molar-refractivity contribution in [3.8, 4) is 11.5 Å². The molecule has 1 fully saturated rings. The fraction of sp³-hybridized carbons (Fsp3) is 0.409. The third-order valence-electron chi connectivity index (χ3n) is 5.38. The van der Waals surface area contributed by atoms with Crippen LogP contribution in [-0.2, 0) is 13.1 Å². The van der Waals surface area contributed by atoms with E-state index in [9.17, 15) is 20.0 Å². The van der Waals surface area contributed by atoms with Crippen LogP contribution in [0, 0.1) is 10.1 Å². The summed E-state index contributed by atoms with van der Waals surface area (Å²) in [7, 11) is 2.78. The molecular formula is C22H27N3O6. The number of aliphatic hydroxyl groups excluding tert-OH is 1. The third-order valence-corrected chi connectivity index (χ3v) is 5.38. The Kier molecular flexibility index (Phi) is 7.43. The van der Waals surface area contributed by atoms with Crippen LogP contribution in [0.15, 0.2) is 36.4 Å². The van der Waals surface area contributed by atoms with Crippen molar-refractivity contribution in [3.63, 3.8) is 0 Å². The van der Waals surface area contributed by atoms with Gasteiger partial charge in [-0.2, -0.15) is 0 Å². The average Bonchev–Trinajstić information content (AvgIpc) is 2.78. The number of nitro benzene ring substituents is 1. The van der Waals surface area contributed by atoms with Crippen LogP contribution in [-0.4, -0.2) is 54.3 Å². The number of amides is 1. The first-order chi connectivity index (χ1) is 14.9. The molecule has 1 saturated heterocycles. The van der Waals surface area contributed by atoms with Gasteiger partial charge in [-0.1, -0.05) is 24.3 Å². The van der Waals surface area contributed by atoms with Crippen molar-refractivity contribution in [1.82, 2.24) is 10.2 Å². The first kappa shape index (κ1) is 22.5. The highest BCUT2D eigenvalue weighted by Crippen LogP contribution is 2.34. The number of ether oxygens (including phenoxy) is 2. The molecular weight excluding hydrogens is 402 g/mol. The van der Waals surface area contributed by atoms with E-state index in [0.29, 0.717) is 0 Å². The molecule has 31 heavy (non-hydrogen) atoms. The molecule has 0 aliphatic carbocycles. The normalized spacial score (nSPS) is 14.8. The van der Waals surface area contributed by atoms with Gasteiger partial charge in [0, 0.05) is 32.2 Å². The van der Waals surface area contributed by atoms with Crippen LogP contribution in [0.5, 0.6) is 11.5 Å². The highest BCUT2D eigenvalue weighted by molar-refractivity contribution is 5.99. The molecule has 2 N–H and O–H groups in total. The molecule has 0 aromatic heterocycles. The fourth-order valence-electron chi connectivity index (χ4n) is 3.58. The number of hydrogen-bond donors (Lipinski definition) is 2. The molecule has 2 aromatic carbocycles. The molecule has 0 unspecified atom stereocenters. The Morgan fingerprint density at radius 1 is 1.13 bits per heavy atom. The minimum atomic E-state index is -0.620. The lowest BCUT2D eigenvalue weighted by Crippen LogP contribution is -2.35. The number of nitro groups is 1. The quantitative estimate of drug-likeness (QED) is 0.489. The Bertz CT molecular complexity index is 924. The van der Waals surface area contributed by atoms with Gasteiger partial charge in [0.15, 0.2) is 11.5 Å². The van der Waals surface area contributed by atoms with Gasteiger partial charge in [0.25, 0.3) is 11.6 Å². The van der Waals surface area contributed by atoms with E-state index in [2.05, 4.69) is 10.2 Å². The molecule has 9 heteroatoms. The Labute approximate surface area is 180 Å². The Morgan fingerprint density at radius 2 is 1.71 bits per heavy atom. The zero-order chi connectivity index (χ0) is 22.4. The maximum atomic E-state index is 12.6. The van der Waals surface area contributed by atoms with Crippen LogP contribution in [0.25, 0.3) is 0 Å². The first-order valence-corrected chi connectivity index (χ1v) is 10.1. The third kappa shape index (κ3) is 5.71. The molecule has 0 bridgehead atoms. The summed E-state index contributed by atoms with van der Waals surface area (Å²) in [6, 6.07) is 10.4. The lowest BCUT2D eigenvalue weighted by Gasteiger charge is -2.29. The molecule has 166 valence electrons. The molecule has 0 atom stereocenters. The van der Waals surface area contributed by atoms with Crippen molar-refractivity contribution in [1.29, 1.82) is 0 Å². The van der Waals surface area contributed by atoms with Gasteiger partial charge < -0.3 is 19.9 Å². The Balaban J connectivity index is 1.63. The van der Waals surface area contributed by atoms with Gasteiger partial charge >= 0.3 is 0 Å². The summed E-state index contributed by atoms with van der Waals surface area (Å²) in [5, 5.41) is 23.7. The Morgan fingerprint density at radius 3 is 2.29 bits per heavy atom. The Hall–Kier alpha value is -3.17. The zero-order valence-electron chi connectivity index (χ0n) is 17.7. The molecule has 1 aliphatic heterocycles. The minimum Gasteiger partial charge on any atom is -0.493 e. The number of methoxy groups -OCH3 is 2. The number of nitrogens with one attached hydrogen (secondary N) is 1. The molecule has 1 heterocycles. The highest BCUT2D eigenvalue weighted by Gasteiger charge is 2.24. The van der Waals surface area contributed by atoms with Gasteiger partial charge in [-0.05, 0) is 24.0 Å². The number of carbonyl (C=O) groups excluding carboxylic acids is 1. The van der Waals surface area contributed by atoms with E-state index in [1.165, 1.54) is 26.4 Å². The molecule has 3 rings (SSSR count). The second-order valence-electron chi connectivity index (χ2n) is 7.49. The summed E-state index contributed by atoms with van der Waals surface area (Å²) in [6.45, 7) is 2.81. The maximum absolute atomic E-state index is 12.6. The number of rotatable bonds is 8. The second kappa shape index (κ2) is 10.2. The predicted octanol–water partition coefficient (Wildman–Crippen LogP) is 2.50. The van der Waals surface area contributed by atoms with Gasteiger partial charge in [0.2, 0.25) is 0 Å². The largest absolute Gasteiger partial charge is 0.493 e. The van der Waals surface area contributed by atoms with E-state index in [4.69, 9.17) is 9.47 Å². The number of likely N-dealkylation sites (tertiary alicyclic amines) is 1. The van der Waals surface area contributed by atoms with Gasteiger partial charge in [0.05, 0.1) is 31.3 Å². The molecule has 0 saturated carbocycles. The van der Waals surface area contributed by atoms with Gasteiger partial charge in [-0.15, -0.1) is 0 Å². The van der Waals surface area contributed by atoms with Crippen molar-refractivity contribution >= 4 is 11.6 Å². The minimum absolute atomic E-state index is 0.0912. The number of benzene rings is 2. The average molecular weight is 429 g/mol. The second-order valence-corrected chi connectivity index (χ2v) is 7.49. The lowest BCUT2D eigenvalue weighted by molar-refractivity contribution is -0.385. The highest BCUT2D eigenvalue weighted by atomic mass is 16.6. The van der Waals surface area contributed by atoms with E-state index < -0.39 is 10.8 Å². The topological polar surface area (TPSA) is 114 Å². The van der Waals surface area contributed by atoms with Crippen molar-refractivity contribution in [2.75, 3.05) is 27.3 Å². The zero-order valence-corrected chi connectivity index (χ0v) is 17.7. The van der Waals surface area contributed by atoms with Crippen LogP contribution < -0.4 is 14.8 Å². The summed E-state index contributed by atoms with van der Waals surface area (Å²) >= 11 is 0. The van der Waals surface area contributed by atoms with E-state index in [0.717, 1.165) is 43.6 Å². The number of piperidine rings is 1. The van der Waals surface area contributed by atoms with E-state index >= 15 is 0 Å². The predicted molar refractivity (Wildman–Crippen MR) is 114 cm³/mol. The summed E-state index contributed by atoms with van der Waals surface area (Å²) < 4.78 is 10.2. The molecule has 1 amide bonds. The lowest BCUT2D eigenvalue weighted by atomic mass is 10.1. The summed E-state index contributed by atoms with van der Waals surface area (Å²) in [4.78, 5) is 25.7.